The van der Waals surface area contributed by atoms with Gasteiger partial charge in [-0.25, -0.2) is 23.0 Å². The third-order valence-corrected chi connectivity index (χ3v) is 5.55. The summed E-state index contributed by atoms with van der Waals surface area (Å²) in [5.74, 6) is 0.791. The Morgan fingerprint density at radius 3 is 2.53 bits per heavy atom. The average Bonchev–Trinajstić information content (AvgIpc) is 3.49. The molecular formula is C26H18F2N6O2. The fourth-order valence-electron chi connectivity index (χ4n) is 3.78. The molecule has 0 N–H and O–H groups in total. The monoisotopic (exact) mass is 484 g/mol. The van der Waals surface area contributed by atoms with Gasteiger partial charge in [-0.3, -0.25) is 4.79 Å². The van der Waals surface area contributed by atoms with E-state index in [0.717, 1.165) is 16.3 Å². The summed E-state index contributed by atoms with van der Waals surface area (Å²) in [6, 6.07) is 17.1. The first kappa shape index (κ1) is 22.9. The van der Waals surface area contributed by atoms with Gasteiger partial charge >= 0.3 is 0 Å². The molecule has 0 aliphatic carbocycles. The summed E-state index contributed by atoms with van der Waals surface area (Å²) in [4.78, 5) is 16.7. The van der Waals surface area contributed by atoms with Crippen molar-refractivity contribution < 1.29 is 18.3 Å². The van der Waals surface area contributed by atoms with Crippen LogP contribution < -0.4 is 4.74 Å². The Bertz CT molecular complexity index is 1650. The second kappa shape index (κ2) is 9.03. The number of ether oxygens (including phenoxy) is 1. The van der Waals surface area contributed by atoms with Crippen molar-refractivity contribution >= 4 is 11.3 Å². The van der Waals surface area contributed by atoms with Crippen molar-refractivity contribution in [1.29, 1.82) is 5.26 Å². The third kappa shape index (κ3) is 4.18. The Balaban J connectivity index is 1.57. The van der Waals surface area contributed by atoms with Crippen LogP contribution in [0.2, 0.25) is 0 Å². The van der Waals surface area contributed by atoms with Gasteiger partial charge in [0.2, 0.25) is 0 Å². The average molecular weight is 484 g/mol. The molecule has 0 radical (unpaired) electrons. The Hall–Kier alpha value is -4.91. The lowest BCUT2D eigenvalue weighted by molar-refractivity contribution is 0.101. The molecule has 0 spiro atoms. The zero-order valence-corrected chi connectivity index (χ0v) is 19.2. The SMILES string of the molecule is CC(=O)c1ccc(-c2cnn3cc(Oc4ccc(C)cc4)ccc23)nc1-n1nc(C#N)cc1C(F)F. The van der Waals surface area contributed by atoms with Gasteiger partial charge in [0.05, 0.1) is 29.2 Å². The summed E-state index contributed by atoms with van der Waals surface area (Å²) in [6.07, 6.45) is 0.377. The van der Waals surface area contributed by atoms with E-state index in [9.17, 15) is 13.6 Å². The summed E-state index contributed by atoms with van der Waals surface area (Å²) < 4.78 is 35.7. The number of Topliss-reactive ketones (excluding diaryl/α,β-unsaturated/α-hetero) is 1. The Morgan fingerprint density at radius 2 is 1.83 bits per heavy atom. The number of fused-ring (bicyclic) bond motifs is 1. The standard InChI is InChI=1S/C26H18F2N6O2/c1-15-3-5-18(6-4-15)36-19-7-10-23-21(13-30-33(23)14-19)22-9-8-20(16(2)35)26(31-22)34-24(25(27)28)11-17(12-29)32-34/h3-11,13-14,25H,1-2H3. The van der Waals surface area contributed by atoms with E-state index in [2.05, 4.69) is 15.2 Å². The van der Waals surface area contributed by atoms with Crippen LogP contribution in [-0.2, 0) is 0 Å². The van der Waals surface area contributed by atoms with Crippen molar-refractivity contribution in [2.75, 3.05) is 0 Å². The van der Waals surface area contributed by atoms with E-state index in [1.807, 2.05) is 31.2 Å². The minimum Gasteiger partial charge on any atom is -0.456 e. The molecule has 8 nitrogen and oxygen atoms in total. The highest BCUT2D eigenvalue weighted by Gasteiger charge is 2.23. The Labute approximate surface area is 204 Å². The summed E-state index contributed by atoms with van der Waals surface area (Å²) in [7, 11) is 0. The maximum absolute atomic E-state index is 13.7. The first-order valence-electron chi connectivity index (χ1n) is 10.9. The molecule has 0 fully saturated rings. The number of rotatable bonds is 6. The highest BCUT2D eigenvalue weighted by atomic mass is 19.3. The number of ketones is 1. The van der Waals surface area contributed by atoms with Gasteiger partial charge in [0.25, 0.3) is 6.43 Å². The van der Waals surface area contributed by atoms with Crippen molar-refractivity contribution in [3.63, 3.8) is 0 Å². The third-order valence-electron chi connectivity index (χ3n) is 5.55. The molecule has 0 aliphatic rings. The number of carbonyl (C=O) groups excluding carboxylic acids is 1. The van der Waals surface area contributed by atoms with Crippen LogP contribution in [0, 0.1) is 18.3 Å². The van der Waals surface area contributed by atoms with Crippen LogP contribution in [0.1, 0.15) is 40.7 Å². The van der Waals surface area contributed by atoms with Gasteiger partial charge in [0, 0.05) is 11.6 Å². The van der Waals surface area contributed by atoms with Gasteiger partial charge in [-0.05, 0) is 50.2 Å². The highest BCUT2D eigenvalue weighted by molar-refractivity contribution is 5.97. The number of benzene rings is 1. The van der Waals surface area contributed by atoms with E-state index >= 15 is 0 Å². The quantitative estimate of drug-likeness (QED) is 0.287. The maximum Gasteiger partial charge on any atom is 0.280 e. The molecule has 5 aromatic rings. The minimum atomic E-state index is -2.92. The number of pyridine rings is 2. The van der Waals surface area contributed by atoms with Crippen molar-refractivity contribution in [2.45, 2.75) is 20.3 Å². The number of alkyl halides is 2. The highest BCUT2D eigenvalue weighted by Crippen LogP contribution is 2.30. The molecule has 0 atom stereocenters. The van der Waals surface area contributed by atoms with Gasteiger partial charge in [-0.1, -0.05) is 17.7 Å². The number of nitrogens with zero attached hydrogens (tertiary/aromatic N) is 6. The van der Waals surface area contributed by atoms with Crippen LogP contribution in [0.15, 0.2) is 67.0 Å². The molecule has 178 valence electrons. The minimum absolute atomic E-state index is 0.0875. The Morgan fingerprint density at radius 1 is 1.08 bits per heavy atom. The summed E-state index contributed by atoms with van der Waals surface area (Å²) in [6.45, 7) is 3.30. The zero-order valence-electron chi connectivity index (χ0n) is 19.2. The zero-order chi connectivity index (χ0) is 25.4. The lowest BCUT2D eigenvalue weighted by Gasteiger charge is -2.11. The number of aromatic nitrogens is 5. The molecule has 0 aliphatic heterocycles. The summed E-state index contributed by atoms with van der Waals surface area (Å²) in [5.41, 5.74) is 2.18. The predicted molar refractivity (Wildman–Crippen MR) is 126 cm³/mol. The smallest absolute Gasteiger partial charge is 0.280 e. The van der Waals surface area contributed by atoms with Crippen molar-refractivity contribution in [1.82, 2.24) is 24.4 Å². The van der Waals surface area contributed by atoms with Crippen molar-refractivity contribution in [3.8, 4) is 34.6 Å². The van der Waals surface area contributed by atoms with E-state index in [-0.39, 0.29) is 22.9 Å². The first-order valence-corrected chi connectivity index (χ1v) is 10.9. The summed E-state index contributed by atoms with van der Waals surface area (Å²) in [5, 5.41) is 17.5. The molecule has 36 heavy (non-hydrogen) atoms. The van der Waals surface area contributed by atoms with Gasteiger partial charge in [-0.15, -0.1) is 0 Å². The van der Waals surface area contributed by atoms with Gasteiger partial charge in [0.1, 0.15) is 23.3 Å². The molecule has 1 aromatic carbocycles. The topological polar surface area (TPSA) is 98.1 Å². The molecule has 5 rings (SSSR count). The Kier molecular flexibility index (Phi) is 5.74. The van der Waals surface area contributed by atoms with Crippen molar-refractivity contribution in [2.24, 2.45) is 0 Å². The van der Waals surface area contributed by atoms with E-state index in [0.29, 0.717) is 28.3 Å². The number of nitriles is 1. The summed E-state index contributed by atoms with van der Waals surface area (Å²) >= 11 is 0. The number of hydrogen-bond acceptors (Lipinski definition) is 6. The molecular weight excluding hydrogens is 466 g/mol. The second-order valence-corrected chi connectivity index (χ2v) is 8.07. The second-order valence-electron chi connectivity index (χ2n) is 8.07. The fourth-order valence-corrected chi connectivity index (χ4v) is 3.78. The maximum atomic E-state index is 13.7. The molecule has 10 heteroatoms. The fraction of sp³-hybridized carbons (Fsp3) is 0.115. The van der Waals surface area contributed by atoms with Crippen LogP contribution in [0.3, 0.4) is 0 Å². The number of hydrogen-bond donors (Lipinski definition) is 0. The molecule has 0 unspecified atom stereocenters. The van der Waals surface area contributed by atoms with Gasteiger partial charge in [-0.2, -0.15) is 15.5 Å². The van der Waals surface area contributed by atoms with E-state index < -0.39 is 12.1 Å². The number of aryl methyl sites for hydroxylation is 1. The largest absolute Gasteiger partial charge is 0.456 e. The normalized spacial score (nSPS) is 11.1. The van der Waals surface area contributed by atoms with Crippen LogP contribution in [-0.4, -0.2) is 30.2 Å². The van der Waals surface area contributed by atoms with Crippen molar-refractivity contribution in [3.05, 3.63) is 89.5 Å². The number of carbonyl (C=O) groups is 1. The molecule has 0 saturated carbocycles. The van der Waals surface area contributed by atoms with E-state index in [1.54, 1.807) is 41.2 Å². The first-order chi connectivity index (χ1) is 17.3. The molecule has 0 bridgehead atoms. The molecule has 0 amide bonds. The molecule has 4 heterocycles. The molecule has 4 aromatic heterocycles. The van der Waals surface area contributed by atoms with Gasteiger partial charge in [0.15, 0.2) is 17.3 Å². The van der Waals surface area contributed by atoms with Crippen LogP contribution >= 0.6 is 0 Å². The van der Waals surface area contributed by atoms with Crippen LogP contribution in [0.4, 0.5) is 8.78 Å². The van der Waals surface area contributed by atoms with E-state index in [1.165, 1.54) is 13.0 Å². The number of halogens is 2. The lowest BCUT2D eigenvalue weighted by atomic mass is 10.1. The lowest BCUT2D eigenvalue weighted by Crippen LogP contribution is -2.11. The molecule has 0 saturated heterocycles. The van der Waals surface area contributed by atoms with E-state index in [4.69, 9.17) is 10.00 Å². The predicted octanol–water partition coefficient (Wildman–Crippen LogP) is 5.69. The van der Waals surface area contributed by atoms with Crippen LogP contribution in [0.25, 0.3) is 22.6 Å². The van der Waals surface area contributed by atoms with Crippen LogP contribution in [0.5, 0.6) is 11.5 Å². The van der Waals surface area contributed by atoms with Gasteiger partial charge < -0.3 is 4.74 Å².